The number of nitrogens with one attached hydrogen (secondary N) is 1. The summed E-state index contributed by atoms with van der Waals surface area (Å²) >= 11 is 7.53. The number of nitrogens with zero attached hydrogens (tertiary/aromatic N) is 4. The van der Waals surface area contributed by atoms with Gasteiger partial charge in [-0.05, 0) is 56.3 Å². The standard InChI is InChI=1S/C24H24ClN5OS/c25-17-8-10-18(11-9-17)30-23(15-29-12-4-1-5-13-29)27-28-24(30)32-16-22(31)20-14-26-21-7-3-2-6-19(20)21/h2-3,6-11,14,26H,1,4-5,12-13,15-16H2. The number of benzene rings is 2. The monoisotopic (exact) mass is 465 g/mol. The first-order chi connectivity index (χ1) is 15.7. The van der Waals surface area contributed by atoms with Crippen LogP contribution in [0.3, 0.4) is 0 Å². The van der Waals surface area contributed by atoms with Gasteiger partial charge in [-0.3, -0.25) is 14.3 Å². The first kappa shape index (κ1) is 21.2. The highest BCUT2D eigenvalue weighted by Gasteiger charge is 2.20. The van der Waals surface area contributed by atoms with Crippen LogP contribution in [0, 0.1) is 0 Å². The van der Waals surface area contributed by atoms with Crippen LogP contribution in [0.5, 0.6) is 0 Å². The molecule has 2 aromatic carbocycles. The number of carbonyl (C=O) groups excluding carboxylic acids is 1. The van der Waals surface area contributed by atoms with Crippen molar-refractivity contribution in [2.24, 2.45) is 0 Å². The molecular formula is C24H24ClN5OS. The van der Waals surface area contributed by atoms with E-state index in [0.29, 0.717) is 15.7 Å². The molecule has 1 N–H and O–H groups in total. The van der Waals surface area contributed by atoms with Gasteiger partial charge in [-0.15, -0.1) is 10.2 Å². The Balaban J connectivity index is 1.40. The van der Waals surface area contributed by atoms with Crippen LogP contribution in [0.15, 0.2) is 59.9 Å². The van der Waals surface area contributed by atoms with Gasteiger partial charge in [-0.2, -0.15) is 0 Å². The summed E-state index contributed by atoms with van der Waals surface area (Å²) < 4.78 is 2.05. The normalized spacial score (nSPS) is 14.8. The summed E-state index contributed by atoms with van der Waals surface area (Å²) in [6.45, 7) is 2.90. The second-order valence-electron chi connectivity index (χ2n) is 8.01. The summed E-state index contributed by atoms with van der Waals surface area (Å²) in [7, 11) is 0. The largest absolute Gasteiger partial charge is 0.360 e. The number of fused-ring (bicyclic) bond motifs is 1. The van der Waals surface area contributed by atoms with E-state index >= 15 is 0 Å². The molecule has 1 aliphatic rings. The van der Waals surface area contributed by atoms with E-state index in [2.05, 4.69) is 24.6 Å². The molecule has 5 rings (SSSR count). The Morgan fingerprint density at radius 1 is 1.03 bits per heavy atom. The Kier molecular flexibility index (Phi) is 6.30. The quantitative estimate of drug-likeness (QED) is 0.294. The number of ketones is 1. The number of rotatable bonds is 7. The summed E-state index contributed by atoms with van der Waals surface area (Å²) in [5.41, 5.74) is 2.63. The van der Waals surface area contributed by atoms with Gasteiger partial charge in [0.15, 0.2) is 16.8 Å². The Bertz CT molecular complexity index is 1230. The van der Waals surface area contributed by atoms with Crippen LogP contribution in [-0.2, 0) is 6.54 Å². The molecule has 0 radical (unpaired) electrons. The van der Waals surface area contributed by atoms with E-state index in [4.69, 9.17) is 11.6 Å². The zero-order valence-electron chi connectivity index (χ0n) is 17.6. The molecule has 4 aromatic rings. The highest BCUT2D eigenvalue weighted by molar-refractivity contribution is 7.99. The number of halogens is 1. The third kappa shape index (κ3) is 4.46. The molecule has 0 aliphatic carbocycles. The van der Waals surface area contributed by atoms with Gasteiger partial charge in [0.05, 0.1) is 12.3 Å². The second-order valence-corrected chi connectivity index (χ2v) is 9.39. The summed E-state index contributed by atoms with van der Waals surface area (Å²) in [6.07, 6.45) is 5.52. The predicted molar refractivity (Wildman–Crippen MR) is 129 cm³/mol. The van der Waals surface area contributed by atoms with Gasteiger partial charge in [0.25, 0.3) is 0 Å². The minimum absolute atomic E-state index is 0.0655. The van der Waals surface area contributed by atoms with Crippen molar-refractivity contribution in [3.63, 3.8) is 0 Å². The predicted octanol–water partition coefficient (Wildman–Crippen LogP) is 5.36. The fraction of sp³-hybridized carbons (Fsp3) is 0.292. The van der Waals surface area contributed by atoms with Crippen LogP contribution in [-0.4, -0.2) is 49.3 Å². The molecule has 164 valence electrons. The van der Waals surface area contributed by atoms with E-state index in [1.54, 1.807) is 6.20 Å². The zero-order valence-corrected chi connectivity index (χ0v) is 19.2. The van der Waals surface area contributed by atoms with Crippen molar-refractivity contribution in [2.45, 2.75) is 31.0 Å². The number of aromatic amines is 1. The van der Waals surface area contributed by atoms with Crippen molar-refractivity contribution in [2.75, 3.05) is 18.8 Å². The van der Waals surface area contributed by atoms with Crippen LogP contribution in [0.1, 0.15) is 35.4 Å². The number of likely N-dealkylation sites (tertiary alicyclic amines) is 1. The molecule has 8 heteroatoms. The lowest BCUT2D eigenvalue weighted by atomic mass is 10.1. The number of hydrogen-bond donors (Lipinski definition) is 1. The number of Topliss-reactive ketones (excluding diaryl/α,β-unsaturated/α-hetero) is 1. The van der Waals surface area contributed by atoms with E-state index in [9.17, 15) is 4.79 Å². The zero-order chi connectivity index (χ0) is 21.9. The van der Waals surface area contributed by atoms with E-state index in [1.165, 1.54) is 31.0 Å². The smallest absolute Gasteiger partial charge is 0.196 e. The topological polar surface area (TPSA) is 66.8 Å². The Morgan fingerprint density at radius 2 is 1.81 bits per heavy atom. The van der Waals surface area contributed by atoms with Gasteiger partial charge in [0.1, 0.15) is 0 Å². The first-order valence-corrected chi connectivity index (χ1v) is 12.2. The molecular weight excluding hydrogens is 442 g/mol. The SMILES string of the molecule is O=C(CSc1nnc(CN2CCCCC2)n1-c1ccc(Cl)cc1)c1c[nH]c2ccccc12. The Labute approximate surface area is 196 Å². The number of para-hydroxylation sites is 1. The van der Waals surface area contributed by atoms with Crippen molar-refractivity contribution >= 4 is 40.0 Å². The first-order valence-electron chi connectivity index (χ1n) is 10.8. The highest BCUT2D eigenvalue weighted by Crippen LogP contribution is 2.27. The van der Waals surface area contributed by atoms with Gasteiger partial charge in [0.2, 0.25) is 0 Å². The van der Waals surface area contributed by atoms with Crippen molar-refractivity contribution in [1.82, 2.24) is 24.6 Å². The lowest BCUT2D eigenvalue weighted by Crippen LogP contribution is -2.30. The summed E-state index contributed by atoms with van der Waals surface area (Å²) in [4.78, 5) is 18.6. The molecule has 1 fully saturated rings. The minimum atomic E-state index is 0.0655. The van der Waals surface area contributed by atoms with E-state index < -0.39 is 0 Å². The number of carbonyl (C=O) groups is 1. The van der Waals surface area contributed by atoms with Crippen LogP contribution in [0.2, 0.25) is 5.02 Å². The summed E-state index contributed by atoms with van der Waals surface area (Å²) in [5, 5.41) is 11.3. The van der Waals surface area contributed by atoms with E-state index in [1.807, 2.05) is 48.5 Å². The Hall–Kier alpha value is -2.61. The molecule has 2 aromatic heterocycles. The van der Waals surface area contributed by atoms with Crippen LogP contribution < -0.4 is 0 Å². The molecule has 3 heterocycles. The molecule has 0 spiro atoms. The third-order valence-electron chi connectivity index (χ3n) is 5.82. The van der Waals surface area contributed by atoms with Crippen LogP contribution in [0.4, 0.5) is 0 Å². The number of H-pyrrole nitrogens is 1. The molecule has 0 amide bonds. The van der Waals surface area contributed by atoms with Gasteiger partial charge in [-0.25, -0.2) is 0 Å². The molecule has 1 aliphatic heterocycles. The molecule has 1 saturated heterocycles. The number of thioether (sulfide) groups is 1. The maximum Gasteiger partial charge on any atom is 0.196 e. The van der Waals surface area contributed by atoms with Gasteiger partial charge in [-0.1, -0.05) is 48.0 Å². The second kappa shape index (κ2) is 9.48. The average Bonchev–Trinajstić information content (AvgIpc) is 3.43. The van der Waals surface area contributed by atoms with Crippen molar-refractivity contribution < 1.29 is 4.79 Å². The highest BCUT2D eigenvalue weighted by atomic mass is 35.5. The van der Waals surface area contributed by atoms with Crippen LogP contribution in [0.25, 0.3) is 16.6 Å². The average molecular weight is 466 g/mol. The van der Waals surface area contributed by atoms with E-state index in [-0.39, 0.29) is 11.5 Å². The fourth-order valence-corrected chi connectivity index (χ4v) is 5.15. The molecule has 0 unspecified atom stereocenters. The summed E-state index contributed by atoms with van der Waals surface area (Å²) in [5.74, 6) is 1.24. The van der Waals surface area contributed by atoms with Crippen LogP contribution >= 0.6 is 23.4 Å². The maximum absolute atomic E-state index is 13.0. The molecule has 0 atom stereocenters. The number of aromatic nitrogens is 4. The minimum Gasteiger partial charge on any atom is -0.360 e. The lowest BCUT2D eigenvalue weighted by Gasteiger charge is -2.26. The maximum atomic E-state index is 13.0. The van der Waals surface area contributed by atoms with Crippen molar-refractivity contribution in [1.29, 1.82) is 0 Å². The number of hydrogen-bond acceptors (Lipinski definition) is 5. The molecule has 32 heavy (non-hydrogen) atoms. The lowest BCUT2D eigenvalue weighted by molar-refractivity contribution is 0.102. The van der Waals surface area contributed by atoms with Crippen molar-refractivity contribution in [3.05, 3.63) is 71.1 Å². The summed E-state index contributed by atoms with van der Waals surface area (Å²) in [6, 6.07) is 15.5. The van der Waals surface area contributed by atoms with Gasteiger partial charge < -0.3 is 4.98 Å². The molecule has 6 nitrogen and oxygen atoms in total. The number of piperidine rings is 1. The van der Waals surface area contributed by atoms with Gasteiger partial charge in [0, 0.05) is 33.4 Å². The molecule has 0 saturated carbocycles. The third-order valence-corrected chi connectivity index (χ3v) is 7.00. The van der Waals surface area contributed by atoms with Crippen molar-refractivity contribution in [3.8, 4) is 5.69 Å². The molecule has 0 bridgehead atoms. The Morgan fingerprint density at radius 3 is 2.62 bits per heavy atom. The fourth-order valence-electron chi connectivity index (χ4n) is 4.17. The van der Waals surface area contributed by atoms with E-state index in [0.717, 1.165) is 42.0 Å². The van der Waals surface area contributed by atoms with Gasteiger partial charge >= 0.3 is 0 Å².